The van der Waals surface area contributed by atoms with Crippen LogP contribution in [-0.4, -0.2) is 44.7 Å². The fourth-order valence-corrected chi connectivity index (χ4v) is 3.30. The van der Waals surface area contributed by atoms with Gasteiger partial charge in [-0.3, -0.25) is 0 Å². The Bertz CT molecular complexity index is 405. The zero-order chi connectivity index (χ0) is 15.2. The molecule has 1 aliphatic heterocycles. The third kappa shape index (κ3) is 4.21. The summed E-state index contributed by atoms with van der Waals surface area (Å²) in [7, 11) is 4.39. The minimum atomic E-state index is 0.489. The predicted molar refractivity (Wildman–Crippen MR) is 92.1 cm³/mol. The highest BCUT2D eigenvalue weighted by molar-refractivity contribution is 5.48. The zero-order valence-electron chi connectivity index (χ0n) is 14.1. The van der Waals surface area contributed by atoms with Crippen molar-refractivity contribution in [2.75, 3.05) is 38.6 Å². The van der Waals surface area contributed by atoms with Gasteiger partial charge in [-0.15, -0.1) is 0 Å². The number of rotatable bonds is 6. The Kier molecular flexibility index (Phi) is 6.07. The Labute approximate surface area is 130 Å². The Morgan fingerprint density at radius 2 is 1.76 bits per heavy atom. The Balaban J connectivity index is 1.96. The molecule has 21 heavy (non-hydrogen) atoms. The summed E-state index contributed by atoms with van der Waals surface area (Å²) in [6.45, 7) is 7.79. The van der Waals surface area contributed by atoms with Gasteiger partial charge in [0.2, 0.25) is 0 Å². The molecule has 0 aliphatic carbocycles. The van der Waals surface area contributed by atoms with Crippen LogP contribution in [0, 0.1) is 0 Å². The first-order valence-corrected chi connectivity index (χ1v) is 8.40. The van der Waals surface area contributed by atoms with Crippen molar-refractivity contribution in [3.63, 3.8) is 0 Å². The summed E-state index contributed by atoms with van der Waals surface area (Å²) in [6.07, 6.45) is 3.68. The molecule has 2 rings (SSSR count). The van der Waals surface area contributed by atoms with Gasteiger partial charge < -0.3 is 15.1 Å². The molecule has 0 saturated carbocycles. The van der Waals surface area contributed by atoms with Crippen LogP contribution in [0.4, 0.5) is 5.69 Å². The molecule has 1 N–H and O–H groups in total. The normalized spacial score (nSPS) is 18.2. The quantitative estimate of drug-likeness (QED) is 0.867. The van der Waals surface area contributed by atoms with Crippen LogP contribution >= 0.6 is 0 Å². The molecule has 1 aromatic rings. The number of benzene rings is 1. The van der Waals surface area contributed by atoms with Crippen LogP contribution in [-0.2, 0) is 0 Å². The minimum absolute atomic E-state index is 0.489. The van der Waals surface area contributed by atoms with E-state index in [0.717, 1.165) is 19.0 Å². The Morgan fingerprint density at radius 1 is 1.14 bits per heavy atom. The van der Waals surface area contributed by atoms with Gasteiger partial charge in [0.15, 0.2) is 0 Å². The summed E-state index contributed by atoms with van der Waals surface area (Å²) in [4.78, 5) is 4.89. The van der Waals surface area contributed by atoms with Crippen molar-refractivity contribution in [1.29, 1.82) is 0 Å². The summed E-state index contributed by atoms with van der Waals surface area (Å²) in [6, 6.07) is 10.4. The van der Waals surface area contributed by atoms with E-state index in [2.05, 4.69) is 67.3 Å². The zero-order valence-corrected chi connectivity index (χ0v) is 14.1. The number of nitrogens with zero attached hydrogens (tertiary/aromatic N) is 2. The third-order valence-corrected chi connectivity index (χ3v) is 4.71. The van der Waals surface area contributed by atoms with Crippen molar-refractivity contribution in [3.8, 4) is 0 Å². The number of anilines is 1. The first-order chi connectivity index (χ1) is 10.2. The molecule has 0 spiro atoms. The molecular formula is C18H31N3. The average molecular weight is 289 g/mol. The van der Waals surface area contributed by atoms with Crippen LogP contribution < -0.4 is 10.2 Å². The fraction of sp³-hybridized carbons (Fsp3) is 0.667. The summed E-state index contributed by atoms with van der Waals surface area (Å²) < 4.78 is 0. The van der Waals surface area contributed by atoms with Gasteiger partial charge >= 0.3 is 0 Å². The molecule has 0 amide bonds. The average Bonchev–Trinajstić information content (AvgIpc) is 2.53. The van der Waals surface area contributed by atoms with Crippen LogP contribution in [0.3, 0.4) is 0 Å². The summed E-state index contributed by atoms with van der Waals surface area (Å²) in [5.41, 5.74) is 2.79. The Morgan fingerprint density at radius 3 is 2.24 bits per heavy atom. The van der Waals surface area contributed by atoms with Crippen molar-refractivity contribution in [1.82, 2.24) is 10.2 Å². The lowest BCUT2D eigenvalue weighted by molar-refractivity contribution is 0.249. The molecule has 1 saturated heterocycles. The number of piperidine rings is 1. The molecule has 0 bridgehead atoms. The number of hydrogen-bond acceptors (Lipinski definition) is 3. The molecule has 1 aromatic carbocycles. The number of nitrogens with one attached hydrogen (secondary N) is 1. The van der Waals surface area contributed by atoms with Gasteiger partial charge in [0, 0.05) is 30.9 Å². The summed E-state index contributed by atoms with van der Waals surface area (Å²) in [5, 5.41) is 3.55. The highest BCUT2D eigenvalue weighted by atomic mass is 15.2. The fourth-order valence-electron chi connectivity index (χ4n) is 3.30. The van der Waals surface area contributed by atoms with Crippen LogP contribution in [0.2, 0.25) is 0 Å². The van der Waals surface area contributed by atoms with Crippen LogP contribution in [0.5, 0.6) is 0 Å². The second-order valence-corrected chi connectivity index (χ2v) is 6.29. The van der Waals surface area contributed by atoms with Gasteiger partial charge in [-0.25, -0.2) is 0 Å². The molecule has 1 heterocycles. The van der Waals surface area contributed by atoms with Crippen molar-refractivity contribution in [2.45, 2.75) is 45.2 Å². The predicted octanol–water partition coefficient (Wildman–Crippen LogP) is 3.28. The lowest BCUT2D eigenvalue weighted by Gasteiger charge is -2.36. The smallest absolute Gasteiger partial charge is 0.0366 e. The third-order valence-electron chi connectivity index (χ3n) is 4.71. The number of hydrogen-bond donors (Lipinski definition) is 1. The van der Waals surface area contributed by atoms with Crippen molar-refractivity contribution in [2.24, 2.45) is 0 Å². The first-order valence-electron chi connectivity index (χ1n) is 8.40. The topological polar surface area (TPSA) is 18.5 Å². The van der Waals surface area contributed by atoms with E-state index in [9.17, 15) is 0 Å². The molecule has 0 radical (unpaired) electrons. The molecule has 3 heteroatoms. The molecule has 1 atom stereocenters. The second kappa shape index (κ2) is 7.81. The van der Waals surface area contributed by atoms with E-state index in [4.69, 9.17) is 0 Å². The maximum Gasteiger partial charge on any atom is 0.0366 e. The Hall–Kier alpha value is -1.06. The maximum absolute atomic E-state index is 3.55. The maximum atomic E-state index is 3.55. The van der Waals surface area contributed by atoms with Crippen molar-refractivity contribution in [3.05, 3.63) is 29.8 Å². The summed E-state index contributed by atoms with van der Waals surface area (Å²) in [5.74, 6) is 0. The van der Waals surface area contributed by atoms with E-state index in [1.165, 1.54) is 37.2 Å². The summed E-state index contributed by atoms with van der Waals surface area (Å²) >= 11 is 0. The molecule has 1 aliphatic rings. The van der Waals surface area contributed by atoms with E-state index in [0.29, 0.717) is 6.04 Å². The van der Waals surface area contributed by atoms with E-state index in [1.807, 2.05) is 0 Å². The standard InChI is InChI=1S/C18H31N3/c1-5-18(19-6-2)15-7-9-17(10-8-15)21-13-11-16(12-14-21)20(3)4/h7-10,16,18-19H,5-6,11-14H2,1-4H3. The molecule has 1 unspecified atom stereocenters. The molecule has 118 valence electrons. The van der Waals surface area contributed by atoms with E-state index >= 15 is 0 Å². The van der Waals surface area contributed by atoms with Gasteiger partial charge in [0.25, 0.3) is 0 Å². The van der Waals surface area contributed by atoms with Gasteiger partial charge in [-0.1, -0.05) is 26.0 Å². The van der Waals surface area contributed by atoms with Gasteiger partial charge in [-0.05, 0) is 57.6 Å². The molecule has 1 fully saturated rings. The molecular weight excluding hydrogens is 258 g/mol. The lowest BCUT2D eigenvalue weighted by atomic mass is 10.0. The highest BCUT2D eigenvalue weighted by Gasteiger charge is 2.20. The van der Waals surface area contributed by atoms with Crippen molar-refractivity contribution < 1.29 is 0 Å². The van der Waals surface area contributed by atoms with Gasteiger partial charge in [0.1, 0.15) is 0 Å². The second-order valence-electron chi connectivity index (χ2n) is 6.29. The lowest BCUT2D eigenvalue weighted by Crippen LogP contribution is -2.41. The van der Waals surface area contributed by atoms with Crippen LogP contribution in [0.25, 0.3) is 0 Å². The van der Waals surface area contributed by atoms with E-state index < -0.39 is 0 Å². The molecule has 3 nitrogen and oxygen atoms in total. The van der Waals surface area contributed by atoms with Crippen LogP contribution in [0.15, 0.2) is 24.3 Å². The van der Waals surface area contributed by atoms with Gasteiger partial charge in [0.05, 0.1) is 0 Å². The monoisotopic (exact) mass is 289 g/mol. The largest absolute Gasteiger partial charge is 0.371 e. The van der Waals surface area contributed by atoms with Crippen molar-refractivity contribution >= 4 is 5.69 Å². The van der Waals surface area contributed by atoms with Gasteiger partial charge in [-0.2, -0.15) is 0 Å². The van der Waals surface area contributed by atoms with E-state index in [-0.39, 0.29) is 0 Å². The SMILES string of the molecule is CCNC(CC)c1ccc(N2CCC(N(C)C)CC2)cc1. The van der Waals surface area contributed by atoms with Crippen LogP contribution in [0.1, 0.15) is 44.7 Å². The first kappa shape index (κ1) is 16.3. The highest BCUT2D eigenvalue weighted by Crippen LogP contribution is 2.24. The van der Waals surface area contributed by atoms with E-state index in [1.54, 1.807) is 0 Å². The minimum Gasteiger partial charge on any atom is -0.371 e. The molecule has 0 aromatic heterocycles.